The van der Waals surface area contributed by atoms with E-state index in [2.05, 4.69) is 16.9 Å². The highest BCUT2D eigenvalue weighted by molar-refractivity contribution is 5.85. The quantitative estimate of drug-likeness (QED) is 0.791. The lowest BCUT2D eigenvalue weighted by atomic mass is 9.86. The number of nitrogens with two attached hydrogens (primary N) is 1. The molecule has 2 aliphatic carbocycles. The van der Waals surface area contributed by atoms with Gasteiger partial charge in [0.1, 0.15) is 23.4 Å². The fourth-order valence-corrected chi connectivity index (χ4v) is 5.10. The van der Waals surface area contributed by atoms with Crippen molar-refractivity contribution in [3.63, 3.8) is 0 Å². The molecule has 2 saturated carbocycles. The van der Waals surface area contributed by atoms with Gasteiger partial charge in [-0.3, -0.25) is 9.59 Å². The molecule has 0 amide bonds. The molecule has 0 radical (unpaired) electrons. The Kier molecular flexibility index (Phi) is 4.44. The van der Waals surface area contributed by atoms with E-state index in [1.54, 1.807) is 6.20 Å². The maximum absolute atomic E-state index is 12.5. The molecule has 3 heterocycles. The lowest BCUT2D eigenvalue weighted by Gasteiger charge is -2.30. The number of nitrogen functional groups attached to an aromatic ring is 1. The average molecular weight is 398 g/mol. The molecule has 0 unspecified atom stereocenters. The van der Waals surface area contributed by atoms with Crippen molar-refractivity contribution in [1.82, 2.24) is 14.5 Å². The van der Waals surface area contributed by atoms with E-state index in [1.165, 1.54) is 12.5 Å². The molecule has 0 spiro atoms. The molecular formula is C21H26N4O4. The maximum Gasteiger partial charge on any atom is 0.320 e. The summed E-state index contributed by atoms with van der Waals surface area (Å²) in [5.74, 6) is 0.431. The summed E-state index contributed by atoms with van der Waals surface area (Å²) in [7, 11) is 0. The van der Waals surface area contributed by atoms with Crippen LogP contribution in [0.1, 0.15) is 57.9 Å². The van der Waals surface area contributed by atoms with Gasteiger partial charge in [0.25, 0.3) is 0 Å². The predicted octanol–water partition coefficient (Wildman–Crippen LogP) is 2.60. The van der Waals surface area contributed by atoms with Gasteiger partial charge in [-0.05, 0) is 44.4 Å². The van der Waals surface area contributed by atoms with Crippen LogP contribution in [0.4, 0.5) is 5.82 Å². The van der Waals surface area contributed by atoms with Crippen LogP contribution >= 0.6 is 0 Å². The molecule has 5 atom stereocenters. The van der Waals surface area contributed by atoms with Gasteiger partial charge >= 0.3 is 12.0 Å². The van der Waals surface area contributed by atoms with E-state index >= 15 is 0 Å². The third kappa shape index (κ3) is 3.14. The van der Waals surface area contributed by atoms with Crippen molar-refractivity contribution in [1.29, 1.82) is 0 Å². The first-order valence-electron chi connectivity index (χ1n) is 10.6. The normalized spacial score (nSPS) is 31.6. The van der Waals surface area contributed by atoms with Crippen LogP contribution in [-0.4, -0.2) is 32.7 Å². The largest absolute Gasteiger partial charge is 0.460 e. The first-order chi connectivity index (χ1) is 14.0. The maximum atomic E-state index is 12.5. The van der Waals surface area contributed by atoms with Gasteiger partial charge in [-0.2, -0.15) is 9.97 Å². The van der Waals surface area contributed by atoms with Crippen LogP contribution in [0.2, 0.25) is 0 Å². The van der Waals surface area contributed by atoms with Crippen LogP contribution in [0, 0.1) is 11.8 Å². The first kappa shape index (κ1) is 18.4. The Balaban J connectivity index is 1.56. The second kappa shape index (κ2) is 7.00. The van der Waals surface area contributed by atoms with Gasteiger partial charge < -0.3 is 19.8 Å². The highest BCUT2D eigenvalue weighted by Gasteiger charge is 2.44. The summed E-state index contributed by atoms with van der Waals surface area (Å²) >= 11 is 0. The highest BCUT2D eigenvalue weighted by Crippen LogP contribution is 2.41. The Morgan fingerprint density at radius 3 is 2.83 bits per heavy atom. The zero-order valence-corrected chi connectivity index (χ0v) is 16.5. The lowest BCUT2D eigenvalue weighted by Crippen LogP contribution is -2.30. The zero-order chi connectivity index (χ0) is 20.1. The van der Waals surface area contributed by atoms with Gasteiger partial charge in [-0.25, -0.2) is 0 Å². The van der Waals surface area contributed by atoms with Gasteiger partial charge in [-0.1, -0.05) is 13.3 Å². The van der Waals surface area contributed by atoms with Gasteiger partial charge in [0.05, 0.1) is 12.0 Å². The smallest absolute Gasteiger partial charge is 0.320 e. The predicted molar refractivity (Wildman–Crippen MR) is 107 cm³/mol. The van der Waals surface area contributed by atoms with E-state index in [0.29, 0.717) is 23.4 Å². The number of hydrogen-bond acceptors (Lipinski definition) is 7. The summed E-state index contributed by atoms with van der Waals surface area (Å²) in [5.41, 5.74) is 6.40. The Bertz CT molecular complexity index is 1020. The van der Waals surface area contributed by atoms with Crippen molar-refractivity contribution in [3.05, 3.63) is 22.5 Å². The summed E-state index contributed by atoms with van der Waals surface area (Å²) < 4.78 is 13.6. The molecule has 0 aromatic carbocycles. The fourth-order valence-electron chi connectivity index (χ4n) is 5.10. The standard InChI is InChI=1S/C21H26N4O4/c1-11-4-2-3-5-15(11)29-21-23-18(22)17-14(26)8-9-25(19(17)24-21)13-7-6-12-10-16(13)28-20(12)27/h8-9,11-13,15-16H,2-7,10H2,1H3,(H2,22,23,24)/t11-,12+,13+,15+,16+/m0/s1. The van der Waals surface area contributed by atoms with E-state index < -0.39 is 0 Å². The molecule has 29 heavy (non-hydrogen) atoms. The molecule has 8 heteroatoms. The number of anilines is 1. The molecule has 154 valence electrons. The number of nitrogens with zero attached hydrogens (tertiary/aromatic N) is 3. The van der Waals surface area contributed by atoms with Gasteiger partial charge in [0.2, 0.25) is 0 Å². The van der Waals surface area contributed by atoms with E-state index in [9.17, 15) is 9.59 Å². The Morgan fingerprint density at radius 2 is 2.00 bits per heavy atom. The molecule has 1 aliphatic heterocycles. The zero-order valence-electron chi connectivity index (χ0n) is 16.5. The minimum absolute atomic E-state index is 0.00623. The summed E-state index contributed by atoms with van der Waals surface area (Å²) in [5, 5.41) is 0.294. The van der Waals surface area contributed by atoms with Crippen LogP contribution in [0.5, 0.6) is 6.01 Å². The van der Waals surface area contributed by atoms with Gasteiger partial charge in [-0.15, -0.1) is 0 Å². The second-order valence-electron chi connectivity index (χ2n) is 8.65. The lowest BCUT2D eigenvalue weighted by molar-refractivity contribution is -0.144. The minimum Gasteiger partial charge on any atom is -0.460 e. The topological polar surface area (TPSA) is 109 Å². The van der Waals surface area contributed by atoms with E-state index in [0.717, 1.165) is 32.1 Å². The summed E-state index contributed by atoms with van der Waals surface area (Å²) in [6, 6.07) is 1.62. The van der Waals surface area contributed by atoms with Crippen molar-refractivity contribution in [2.45, 2.75) is 70.1 Å². The van der Waals surface area contributed by atoms with E-state index in [1.807, 2.05) is 4.57 Å². The second-order valence-corrected chi connectivity index (χ2v) is 8.65. The molecule has 5 rings (SSSR count). The number of carbonyl (C=O) groups excluding carboxylic acids is 1. The first-order valence-corrected chi connectivity index (χ1v) is 10.6. The SMILES string of the molecule is C[C@H]1CCCC[C@H]1Oc1nc(N)c2c(=O)ccn([C@@H]3CC[C@@H]4C[C@H]3OC4=O)c2n1. The molecule has 2 aromatic rings. The van der Waals surface area contributed by atoms with Crippen molar-refractivity contribution in [3.8, 4) is 6.01 Å². The molecule has 8 nitrogen and oxygen atoms in total. The van der Waals surface area contributed by atoms with Gasteiger partial charge in [0.15, 0.2) is 11.1 Å². The molecule has 3 fully saturated rings. The molecule has 1 saturated heterocycles. The monoisotopic (exact) mass is 398 g/mol. The minimum atomic E-state index is -0.219. The van der Waals surface area contributed by atoms with Gasteiger partial charge in [0, 0.05) is 12.3 Å². The van der Waals surface area contributed by atoms with E-state index in [4.69, 9.17) is 15.2 Å². The van der Waals surface area contributed by atoms with Crippen LogP contribution in [0.3, 0.4) is 0 Å². The number of aromatic nitrogens is 3. The van der Waals surface area contributed by atoms with Crippen LogP contribution in [0.15, 0.2) is 17.1 Å². The Labute approximate surface area is 168 Å². The van der Waals surface area contributed by atoms with Crippen molar-refractivity contribution in [2.24, 2.45) is 11.8 Å². The van der Waals surface area contributed by atoms with Crippen molar-refractivity contribution in [2.75, 3.05) is 5.73 Å². The van der Waals surface area contributed by atoms with E-state index in [-0.39, 0.29) is 47.4 Å². The molecular weight excluding hydrogens is 372 g/mol. The molecule has 2 bridgehead atoms. The number of esters is 1. The Hall–Kier alpha value is -2.64. The third-order valence-corrected chi connectivity index (χ3v) is 6.78. The highest BCUT2D eigenvalue weighted by atomic mass is 16.6. The van der Waals surface area contributed by atoms with Crippen LogP contribution in [0.25, 0.3) is 11.0 Å². The number of fused-ring (bicyclic) bond motifs is 3. The van der Waals surface area contributed by atoms with Crippen LogP contribution in [-0.2, 0) is 9.53 Å². The van der Waals surface area contributed by atoms with Crippen molar-refractivity contribution >= 4 is 22.8 Å². The van der Waals surface area contributed by atoms with Crippen LogP contribution < -0.4 is 15.9 Å². The Morgan fingerprint density at radius 1 is 1.17 bits per heavy atom. The number of carbonyl (C=O) groups is 1. The molecule has 2 N–H and O–H groups in total. The number of rotatable bonds is 3. The summed E-state index contributed by atoms with van der Waals surface area (Å²) in [4.78, 5) is 33.4. The number of pyridine rings is 1. The number of hydrogen-bond donors (Lipinski definition) is 1. The van der Waals surface area contributed by atoms with Crippen molar-refractivity contribution < 1.29 is 14.3 Å². The third-order valence-electron chi connectivity index (χ3n) is 6.78. The summed E-state index contributed by atoms with van der Waals surface area (Å²) in [6.07, 6.45) is 8.27. The molecule has 2 aromatic heterocycles. The fraction of sp³-hybridized carbons (Fsp3) is 0.619. The number of ether oxygens (including phenoxy) is 2. The molecule has 3 aliphatic rings. The average Bonchev–Trinajstić information content (AvgIpc) is 2.98. The summed E-state index contributed by atoms with van der Waals surface area (Å²) in [6.45, 7) is 2.18.